The summed E-state index contributed by atoms with van der Waals surface area (Å²) in [5, 5.41) is 8.21. The highest BCUT2D eigenvalue weighted by molar-refractivity contribution is 7.92. The molecule has 0 aliphatic heterocycles. The van der Waals surface area contributed by atoms with Gasteiger partial charge >= 0.3 is 0 Å². The van der Waals surface area contributed by atoms with E-state index in [1.807, 2.05) is 0 Å². The van der Waals surface area contributed by atoms with Gasteiger partial charge in [0.1, 0.15) is 16.9 Å². The SMILES string of the molecule is Cc1noc(C)c1-c1ccccc1S(=O)(=O)Nc1ccsc1C(=O)C(=O)[C@@H](N)CCCNC(N)N. The first kappa shape index (κ1) is 26.7. The molecule has 1 atom stereocenters. The summed E-state index contributed by atoms with van der Waals surface area (Å²) in [6, 6.07) is 6.78. The number of Topliss-reactive ketones (excluding diaryl/α,β-unsaturated/α-hetero) is 2. The van der Waals surface area contributed by atoms with Crippen LogP contribution in [0.25, 0.3) is 11.1 Å². The zero-order valence-corrected chi connectivity index (χ0v) is 20.9. The van der Waals surface area contributed by atoms with Crippen LogP contribution in [0.5, 0.6) is 0 Å². The van der Waals surface area contributed by atoms with Crippen LogP contribution in [0.2, 0.25) is 0 Å². The zero-order chi connectivity index (χ0) is 25.8. The summed E-state index contributed by atoms with van der Waals surface area (Å²) in [7, 11) is -4.14. The highest BCUT2D eigenvalue weighted by atomic mass is 32.2. The minimum Gasteiger partial charge on any atom is -0.361 e. The Morgan fingerprint density at radius 2 is 1.86 bits per heavy atom. The second-order valence-electron chi connectivity index (χ2n) is 7.89. The van der Waals surface area contributed by atoms with Crippen LogP contribution >= 0.6 is 11.3 Å². The van der Waals surface area contributed by atoms with Crippen LogP contribution < -0.4 is 27.2 Å². The van der Waals surface area contributed by atoms with Gasteiger partial charge in [0.2, 0.25) is 11.6 Å². The van der Waals surface area contributed by atoms with E-state index in [1.165, 1.54) is 17.5 Å². The maximum absolute atomic E-state index is 13.3. The molecule has 3 aromatic rings. The lowest BCUT2D eigenvalue weighted by Crippen LogP contribution is -2.46. The Morgan fingerprint density at radius 1 is 1.14 bits per heavy atom. The van der Waals surface area contributed by atoms with Crippen LogP contribution in [0.1, 0.15) is 34.0 Å². The first-order chi connectivity index (χ1) is 16.5. The summed E-state index contributed by atoms with van der Waals surface area (Å²) >= 11 is 0.955. The van der Waals surface area contributed by atoms with Gasteiger partial charge in [-0.3, -0.25) is 19.6 Å². The van der Waals surface area contributed by atoms with Gasteiger partial charge < -0.3 is 21.7 Å². The number of benzene rings is 1. The van der Waals surface area contributed by atoms with Gasteiger partial charge in [0.15, 0.2) is 0 Å². The molecule has 3 rings (SSSR count). The molecular weight excluding hydrogens is 492 g/mol. The molecule has 0 aliphatic carbocycles. The fraction of sp³-hybridized carbons (Fsp3) is 0.318. The number of nitrogens with one attached hydrogen (secondary N) is 2. The van der Waals surface area contributed by atoms with E-state index in [9.17, 15) is 18.0 Å². The number of hydrogen-bond donors (Lipinski definition) is 5. The molecule has 0 saturated heterocycles. The van der Waals surface area contributed by atoms with Gasteiger partial charge in [-0.1, -0.05) is 23.4 Å². The summed E-state index contributed by atoms with van der Waals surface area (Å²) in [5.74, 6) is -1.19. The van der Waals surface area contributed by atoms with Crippen LogP contribution in [0.3, 0.4) is 0 Å². The summed E-state index contributed by atoms with van der Waals surface area (Å²) in [6.07, 6.45) is 0.0303. The summed E-state index contributed by atoms with van der Waals surface area (Å²) in [5.41, 5.74) is 18.2. The van der Waals surface area contributed by atoms with Crippen molar-refractivity contribution in [3.63, 3.8) is 0 Å². The monoisotopic (exact) mass is 520 g/mol. The van der Waals surface area contributed by atoms with E-state index in [1.54, 1.807) is 32.0 Å². The largest absolute Gasteiger partial charge is 0.361 e. The van der Waals surface area contributed by atoms with Crippen molar-refractivity contribution in [3.05, 3.63) is 52.0 Å². The van der Waals surface area contributed by atoms with Gasteiger partial charge in [-0.15, -0.1) is 11.3 Å². The maximum Gasteiger partial charge on any atom is 0.262 e. The van der Waals surface area contributed by atoms with Crippen molar-refractivity contribution in [2.75, 3.05) is 11.3 Å². The molecule has 8 N–H and O–H groups in total. The number of carbonyl (C=O) groups is 2. The lowest BCUT2D eigenvalue weighted by atomic mass is 10.0. The van der Waals surface area contributed by atoms with E-state index >= 15 is 0 Å². The number of anilines is 1. The van der Waals surface area contributed by atoms with Gasteiger partial charge in [-0.2, -0.15) is 0 Å². The first-order valence-corrected chi connectivity index (χ1v) is 13.1. The predicted octanol–water partition coefficient (Wildman–Crippen LogP) is 1.47. The summed E-state index contributed by atoms with van der Waals surface area (Å²) < 4.78 is 34.3. The van der Waals surface area contributed by atoms with E-state index in [0.717, 1.165) is 11.3 Å². The lowest BCUT2D eigenvalue weighted by Gasteiger charge is -2.14. The Balaban J connectivity index is 1.81. The topological polar surface area (TPSA) is 196 Å². The number of aryl methyl sites for hydroxylation is 2. The number of nitrogens with zero attached hydrogens (tertiary/aromatic N) is 1. The van der Waals surface area contributed by atoms with Crippen LogP contribution in [0.15, 0.2) is 45.1 Å². The number of thiophene rings is 1. The predicted molar refractivity (Wildman–Crippen MR) is 133 cm³/mol. The number of nitrogens with two attached hydrogens (primary N) is 3. The third-order valence-corrected chi connectivity index (χ3v) is 7.56. The number of aromatic nitrogens is 1. The van der Waals surface area contributed by atoms with E-state index in [4.69, 9.17) is 21.7 Å². The Bertz CT molecular complexity index is 1300. The van der Waals surface area contributed by atoms with Gasteiger partial charge in [0.25, 0.3) is 10.0 Å². The Morgan fingerprint density at radius 3 is 2.51 bits per heavy atom. The summed E-state index contributed by atoms with van der Waals surface area (Å²) in [6.45, 7) is 3.84. The quantitative estimate of drug-likeness (QED) is 0.101. The van der Waals surface area contributed by atoms with Gasteiger partial charge in [0.05, 0.1) is 22.3 Å². The van der Waals surface area contributed by atoms with Gasteiger partial charge in [0, 0.05) is 11.1 Å². The standard InChI is InChI=1S/C22H28N6O5S2/c1-12-18(13(2)33-27-12)14-6-3-4-8-17(14)35(31,32)28-16-9-11-34-21(16)20(30)19(29)15(23)7-5-10-26-22(24)25/h3-4,6,8-9,11,15,22,26,28H,5,7,10,23-25H2,1-2H3/t15-/m0/s1. The minimum absolute atomic E-state index is 0.00453. The minimum atomic E-state index is -4.14. The van der Waals surface area contributed by atoms with Crippen molar-refractivity contribution < 1.29 is 22.5 Å². The molecule has 0 bridgehead atoms. The van der Waals surface area contributed by atoms with Crippen LogP contribution in [-0.4, -0.2) is 44.0 Å². The molecule has 0 fully saturated rings. The molecule has 11 nitrogen and oxygen atoms in total. The Kier molecular flexibility index (Phi) is 8.53. The van der Waals surface area contributed by atoms with Crippen LogP contribution in [0, 0.1) is 13.8 Å². The van der Waals surface area contributed by atoms with Crippen molar-refractivity contribution in [1.29, 1.82) is 0 Å². The molecule has 0 amide bonds. The number of sulfonamides is 1. The second-order valence-corrected chi connectivity index (χ2v) is 10.5. The van der Waals surface area contributed by atoms with Crippen molar-refractivity contribution in [2.24, 2.45) is 17.2 Å². The number of ketones is 2. The van der Waals surface area contributed by atoms with E-state index in [-0.39, 0.29) is 21.9 Å². The molecular formula is C22H28N6O5S2. The molecule has 0 aliphatic rings. The fourth-order valence-corrected chi connectivity index (χ4v) is 5.69. The third kappa shape index (κ3) is 6.20. The van der Waals surface area contributed by atoms with Crippen molar-refractivity contribution in [1.82, 2.24) is 10.5 Å². The number of carbonyl (C=O) groups excluding carboxylic acids is 2. The van der Waals surface area contributed by atoms with Crippen molar-refractivity contribution >= 4 is 38.6 Å². The number of hydrogen-bond acceptors (Lipinski definition) is 11. The average Bonchev–Trinajstić information content (AvgIpc) is 3.40. The van der Waals surface area contributed by atoms with E-state index in [2.05, 4.69) is 15.2 Å². The number of rotatable bonds is 12. The van der Waals surface area contributed by atoms with Gasteiger partial charge in [-0.05, 0) is 50.7 Å². The molecule has 0 spiro atoms. The summed E-state index contributed by atoms with van der Waals surface area (Å²) in [4.78, 5) is 25.4. The fourth-order valence-electron chi connectivity index (χ4n) is 3.54. The molecule has 1 aromatic carbocycles. The second kappa shape index (κ2) is 11.2. The van der Waals surface area contributed by atoms with Crippen molar-refractivity contribution in [3.8, 4) is 11.1 Å². The highest BCUT2D eigenvalue weighted by Gasteiger charge is 2.29. The lowest BCUT2D eigenvalue weighted by molar-refractivity contribution is -0.116. The zero-order valence-electron chi connectivity index (χ0n) is 19.3. The van der Waals surface area contributed by atoms with E-state index in [0.29, 0.717) is 35.5 Å². The molecule has 35 heavy (non-hydrogen) atoms. The third-order valence-electron chi connectivity index (χ3n) is 5.23. The molecule has 13 heteroatoms. The first-order valence-electron chi connectivity index (χ1n) is 10.7. The molecule has 2 heterocycles. The molecule has 2 aromatic heterocycles. The smallest absolute Gasteiger partial charge is 0.262 e. The molecule has 0 unspecified atom stereocenters. The Hall–Kier alpha value is -2.94. The molecule has 188 valence electrons. The maximum atomic E-state index is 13.3. The normalized spacial score (nSPS) is 12.6. The van der Waals surface area contributed by atoms with Crippen LogP contribution in [-0.2, 0) is 14.8 Å². The molecule has 0 saturated carbocycles. The van der Waals surface area contributed by atoms with Crippen LogP contribution in [0.4, 0.5) is 5.69 Å². The molecule has 0 radical (unpaired) electrons. The van der Waals surface area contributed by atoms with E-state index < -0.39 is 33.9 Å². The highest BCUT2D eigenvalue weighted by Crippen LogP contribution is 2.34. The Labute approximate surface area is 207 Å². The van der Waals surface area contributed by atoms with Gasteiger partial charge in [-0.25, -0.2) is 8.42 Å². The van der Waals surface area contributed by atoms with Crippen molar-refractivity contribution in [2.45, 2.75) is 43.9 Å². The average molecular weight is 521 g/mol.